The van der Waals surface area contributed by atoms with Crippen molar-refractivity contribution in [2.75, 3.05) is 6.54 Å². The molecule has 3 aromatic carbocycles. The number of nitro benzene ring substituents is 1. The van der Waals surface area contributed by atoms with E-state index in [1.165, 1.54) is 66.7 Å². The number of ketones is 1. The van der Waals surface area contributed by atoms with E-state index in [9.17, 15) is 29.3 Å². The summed E-state index contributed by atoms with van der Waals surface area (Å²) in [5.41, 5.74) is 1.15. The molecule has 0 aromatic heterocycles. The average Bonchev–Trinajstić information content (AvgIpc) is 3.21. The number of fused-ring (bicyclic) bond motifs is 1. The fraction of sp³-hybridized carbons (Fsp3) is 0.200. The third-order valence-corrected chi connectivity index (χ3v) is 7.93. The van der Waals surface area contributed by atoms with Gasteiger partial charge in [0.15, 0.2) is 5.78 Å². The number of hydrogen-bond acceptors (Lipinski definition) is 7. The quantitative estimate of drug-likeness (QED) is 0.0969. The third-order valence-electron chi connectivity index (χ3n) is 7.20. The van der Waals surface area contributed by atoms with E-state index in [4.69, 9.17) is 27.9 Å². The van der Waals surface area contributed by atoms with E-state index < -0.39 is 46.8 Å². The molecule has 1 fully saturated rings. The number of nitro groups is 1. The predicted octanol–water partition coefficient (Wildman–Crippen LogP) is 6.28. The molecule has 214 valence electrons. The van der Waals surface area contributed by atoms with Crippen LogP contribution < -0.4 is 4.74 Å². The van der Waals surface area contributed by atoms with E-state index in [0.717, 1.165) is 15.6 Å². The van der Waals surface area contributed by atoms with E-state index >= 15 is 0 Å². The summed E-state index contributed by atoms with van der Waals surface area (Å²) < 4.78 is 5.69. The largest absolute Gasteiger partial charge is 0.457 e. The minimum absolute atomic E-state index is 0.0498. The Bertz CT molecular complexity index is 1640. The average molecular weight is 608 g/mol. The van der Waals surface area contributed by atoms with Gasteiger partial charge in [-0.2, -0.15) is 5.01 Å². The summed E-state index contributed by atoms with van der Waals surface area (Å²) in [4.78, 5) is 64.3. The summed E-state index contributed by atoms with van der Waals surface area (Å²) in [5.74, 6) is -2.88. The minimum atomic E-state index is -0.759. The van der Waals surface area contributed by atoms with Gasteiger partial charge in [0.1, 0.15) is 18.0 Å². The van der Waals surface area contributed by atoms with E-state index in [-0.39, 0.29) is 26.9 Å². The molecule has 0 unspecified atom stereocenters. The molecule has 0 spiro atoms. The maximum absolute atomic E-state index is 13.7. The Balaban J connectivity index is 1.39. The minimum Gasteiger partial charge on any atom is -0.457 e. The van der Waals surface area contributed by atoms with E-state index in [0.29, 0.717) is 24.3 Å². The molecule has 3 amide bonds. The molecule has 3 aromatic rings. The maximum Gasteiger partial charge on any atom is 0.273 e. The Kier molecular flexibility index (Phi) is 8.11. The molecule has 1 aliphatic carbocycles. The van der Waals surface area contributed by atoms with Crippen molar-refractivity contribution >= 4 is 52.4 Å². The number of hydrazine groups is 1. The standard InChI is InChI=1S/C30H23Cl2N3O7/c1-17-2-12-23-24(14-17)30(39)34(29(23)38)33(28(37)19-5-13-25(31)26(32)15-19)16-27(36)18-3-8-21(9-4-18)42-22-10-6-20(7-11-22)35(40)41/h2-11,13,15,23-24H,12,14,16H2,1H3/t23-,24-/m1/s1. The van der Waals surface area contributed by atoms with Crippen LogP contribution in [0.1, 0.15) is 40.5 Å². The van der Waals surface area contributed by atoms with E-state index in [1.807, 2.05) is 13.0 Å². The van der Waals surface area contributed by atoms with Crippen LogP contribution >= 0.6 is 23.2 Å². The van der Waals surface area contributed by atoms with Gasteiger partial charge in [0, 0.05) is 23.3 Å². The fourth-order valence-corrected chi connectivity index (χ4v) is 5.28. The highest BCUT2D eigenvalue weighted by atomic mass is 35.5. The van der Waals surface area contributed by atoms with Crippen molar-refractivity contribution in [1.29, 1.82) is 0 Å². The number of rotatable bonds is 8. The van der Waals surface area contributed by atoms with Gasteiger partial charge < -0.3 is 4.74 Å². The number of carbonyl (C=O) groups is 4. The zero-order chi connectivity index (χ0) is 30.1. The summed E-state index contributed by atoms with van der Waals surface area (Å²) in [6.07, 6.45) is 2.67. The number of imide groups is 1. The van der Waals surface area contributed by atoms with Gasteiger partial charge in [-0.25, -0.2) is 5.01 Å². The molecule has 42 heavy (non-hydrogen) atoms. The van der Waals surface area contributed by atoms with Gasteiger partial charge >= 0.3 is 0 Å². The first kappa shape index (κ1) is 29.0. The molecule has 0 saturated carbocycles. The smallest absolute Gasteiger partial charge is 0.273 e. The Morgan fingerprint density at radius 2 is 1.52 bits per heavy atom. The van der Waals surface area contributed by atoms with E-state index in [1.54, 1.807) is 0 Å². The first-order chi connectivity index (χ1) is 20.0. The molecular formula is C30H23Cl2N3O7. The number of allylic oxidation sites excluding steroid dienone is 2. The van der Waals surface area contributed by atoms with Crippen molar-refractivity contribution in [2.45, 2.75) is 19.8 Å². The van der Waals surface area contributed by atoms with Gasteiger partial charge in [0.2, 0.25) is 0 Å². The highest BCUT2D eigenvalue weighted by Crippen LogP contribution is 2.39. The molecule has 0 bridgehead atoms. The number of carbonyl (C=O) groups excluding carboxylic acids is 4. The van der Waals surface area contributed by atoms with Crippen LogP contribution in [-0.4, -0.2) is 45.0 Å². The number of nitrogens with zero attached hydrogens (tertiary/aromatic N) is 3. The SMILES string of the molecule is CC1=CC[C@H]2C(=O)N(N(CC(=O)c3ccc(Oc4ccc([N+](=O)[O-])cc4)cc3)C(=O)c3ccc(Cl)c(Cl)c3)C(=O)[C@@H]2C1. The highest BCUT2D eigenvalue weighted by molar-refractivity contribution is 6.42. The van der Waals surface area contributed by atoms with Gasteiger partial charge in [-0.1, -0.05) is 34.9 Å². The highest BCUT2D eigenvalue weighted by Gasteiger charge is 2.51. The van der Waals surface area contributed by atoms with Gasteiger partial charge in [0.25, 0.3) is 23.4 Å². The number of non-ortho nitro benzene ring substituents is 1. The van der Waals surface area contributed by atoms with Crippen molar-refractivity contribution in [3.63, 3.8) is 0 Å². The summed E-state index contributed by atoms with van der Waals surface area (Å²) >= 11 is 12.1. The van der Waals surface area contributed by atoms with Crippen LogP contribution in [0.2, 0.25) is 10.0 Å². The number of benzene rings is 3. The van der Waals surface area contributed by atoms with Crippen LogP contribution in [-0.2, 0) is 9.59 Å². The second-order valence-corrected chi connectivity index (χ2v) is 10.8. The van der Waals surface area contributed by atoms with Gasteiger partial charge in [-0.3, -0.25) is 29.3 Å². The Labute approximate surface area is 250 Å². The number of amides is 3. The molecule has 2 aliphatic rings. The van der Waals surface area contributed by atoms with Gasteiger partial charge in [0.05, 0.1) is 26.8 Å². The molecule has 5 rings (SSSR count). The normalized spacial score (nSPS) is 17.9. The van der Waals surface area contributed by atoms with Crippen molar-refractivity contribution < 1.29 is 28.8 Å². The lowest BCUT2D eigenvalue weighted by atomic mass is 9.82. The molecule has 1 saturated heterocycles. The second-order valence-electron chi connectivity index (χ2n) is 9.98. The number of Topliss-reactive ketones (excluding diaryl/α,β-unsaturated/α-hetero) is 1. The van der Waals surface area contributed by atoms with Crippen LogP contribution in [0.25, 0.3) is 0 Å². The zero-order valence-corrected chi connectivity index (χ0v) is 23.7. The molecule has 10 nitrogen and oxygen atoms in total. The topological polar surface area (TPSA) is 127 Å². The van der Waals surface area contributed by atoms with E-state index in [2.05, 4.69) is 0 Å². The zero-order valence-electron chi connectivity index (χ0n) is 22.2. The molecule has 0 radical (unpaired) electrons. The number of ether oxygens (including phenoxy) is 1. The molecular weight excluding hydrogens is 585 g/mol. The summed E-state index contributed by atoms with van der Waals surface area (Å²) in [5, 5.41) is 12.8. The van der Waals surface area contributed by atoms with Gasteiger partial charge in [-0.15, -0.1) is 0 Å². The van der Waals surface area contributed by atoms with Crippen molar-refractivity contribution in [2.24, 2.45) is 11.8 Å². The monoisotopic (exact) mass is 607 g/mol. The number of halogens is 2. The second kappa shape index (κ2) is 11.8. The van der Waals surface area contributed by atoms with Crippen LogP contribution in [0.3, 0.4) is 0 Å². The van der Waals surface area contributed by atoms with Crippen LogP contribution in [0.5, 0.6) is 11.5 Å². The third kappa shape index (κ3) is 5.77. The van der Waals surface area contributed by atoms with Gasteiger partial charge in [-0.05, 0) is 74.4 Å². The Morgan fingerprint density at radius 1 is 0.929 bits per heavy atom. The first-order valence-corrected chi connectivity index (χ1v) is 13.6. The van der Waals surface area contributed by atoms with Crippen LogP contribution in [0.15, 0.2) is 78.4 Å². The molecule has 2 atom stereocenters. The van der Waals surface area contributed by atoms with Crippen molar-refractivity contribution in [3.8, 4) is 11.5 Å². The summed E-state index contributed by atoms with van der Waals surface area (Å²) in [6, 6.07) is 15.6. The van der Waals surface area contributed by atoms with Crippen molar-refractivity contribution in [1.82, 2.24) is 10.0 Å². The summed E-state index contributed by atoms with van der Waals surface area (Å²) in [6.45, 7) is 1.29. The van der Waals surface area contributed by atoms with Crippen LogP contribution in [0.4, 0.5) is 5.69 Å². The molecule has 1 aliphatic heterocycles. The number of hydrogen-bond donors (Lipinski definition) is 0. The maximum atomic E-state index is 13.7. The Morgan fingerprint density at radius 3 is 2.14 bits per heavy atom. The Hall–Kier alpha value is -4.54. The molecule has 0 N–H and O–H groups in total. The lowest BCUT2D eigenvalue weighted by molar-refractivity contribution is -0.384. The lowest BCUT2D eigenvalue weighted by Crippen LogP contribution is -2.52. The van der Waals surface area contributed by atoms with Crippen LogP contribution in [0, 0.1) is 22.0 Å². The summed E-state index contributed by atoms with van der Waals surface area (Å²) in [7, 11) is 0. The first-order valence-electron chi connectivity index (χ1n) is 12.9. The fourth-order valence-electron chi connectivity index (χ4n) is 4.98. The van der Waals surface area contributed by atoms with Crippen molar-refractivity contribution in [3.05, 3.63) is 110 Å². The molecule has 1 heterocycles. The lowest BCUT2D eigenvalue weighted by Gasteiger charge is -2.30. The predicted molar refractivity (Wildman–Crippen MR) is 153 cm³/mol. The molecule has 12 heteroatoms.